The molecule has 0 heterocycles. The summed E-state index contributed by atoms with van der Waals surface area (Å²) in [4.78, 5) is 11.2. The fourth-order valence-electron chi connectivity index (χ4n) is 0.404. The summed E-state index contributed by atoms with van der Waals surface area (Å²) in [5.41, 5.74) is 0. The highest BCUT2D eigenvalue weighted by Gasteiger charge is 2.01. The summed E-state index contributed by atoms with van der Waals surface area (Å²) in [5.74, 6) is 0. The van der Waals surface area contributed by atoms with Gasteiger partial charge in [0.1, 0.15) is 0 Å². The maximum absolute atomic E-state index is 10.0. The van der Waals surface area contributed by atoms with Crippen LogP contribution in [0.5, 0.6) is 0 Å². The lowest BCUT2D eigenvalue weighted by Gasteiger charge is -2.10. The second kappa shape index (κ2) is 4.14. The Morgan fingerprint density at radius 3 is 2.56 bits per heavy atom. The van der Waals surface area contributed by atoms with Crippen LogP contribution in [0.1, 0.15) is 6.42 Å². The summed E-state index contributed by atoms with van der Waals surface area (Å²) in [6.07, 6.45) is -0.452. The van der Waals surface area contributed by atoms with Gasteiger partial charge in [-0.3, -0.25) is 0 Å². The highest BCUT2D eigenvalue weighted by Crippen LogP contribution is 1.85. The first kappa shape index (κ1) is 8.23. The van der Waals surface area contributed by atoms with Crippen molar-refractivity contribution in [1.29, 1.82) is 0 Å². The van der Waals surface area contributed by atoms with Crippen LogP contribution >= 0.6 is 0 Å². The van der Waals surface area contributed by atoms with Crippen molar-refractivity contribution in [2.24, 2.45) is 0 Å². The van der Waals surface area contributed by atoms with E-state index in [4.69, 9.17) is 10.2 Å². The van der Waals surface area contributed by atoms with Gasteiger partial charge in [0.15, 0.2) is 0 Å². The van der Waals surface area contributed by atoms with Crippen molar-refractivity contribution in [2.75, 3.05) is 20.2 Å². The van der Waals surface area contributed by atoms with E-state index in [0.29, 0.717) is 13.0 Å². The minimum atomic E-state index is -0.955. The van der Waals surface area contributed by atoms with Crippen LogP contribution in [-0.4, -0.2) is 41.4 Å². The van der Waals surface area contributed by atoms with E-state index in [9.17, 15) is 4.79 Å². The molecule has 0 atom stereocenters. The molecule has 0 saturated carbocycles. The Bertz CT molecular complexity index is 94.2. The summed E-state index contributed by atoms with van der Waals surface area (Å²) in [6, 6.07) is 0. The zero-order valence-electron chi connectivity index (χ0n) is 5.37. The average molecular weight is 133 g/mol. The number of aliphatic hydroxyl groups is 1. The highest BCUT2D eigenvalue weighted by molar-refractivity contribution is 5.64. The van der Waals surface area contributed by atoms with Gasteiger partial charge in [-0.25, -0.2) is 4.79 Å². The molecule has 0 rings (SSSR count). The van der Waals surface area contributed by atoms with Gasteiger partial charge in [0, 0.05) is 20.2 Å². The first-order chi connectivity index (χ1) is 4.18. The first-order valence-electron chi connectivity index (χ1n) is 2.73. The van der Waals surface area contributed by atoms with Gasteiger partial charge in [-0.15, -0.1) is 0 Å². The smallest absolute Gasteiger partial charge is 0.407 e. The zero-order chi connectivity index (χ0) is 7.28. The van der Waals surface area contributed by atoms with Crippen LogP contribution < -0.4 is 0 Å². The topological polar surface area (TPSA) is 60.8 Å². The second-order valence-electron chi connectivity index (χ2n) is 1.78. The molecule has 0 aromatic carbocycles. The van der Waals surface area contributed by atoms with Crippen molar-refractivity contribution >= 4 is 6.09 Å². The maximum atomic E-state index is 10.0. The van der Waals surface area contributed by atoms with E-state index in [-0.39, 0.29) is 6.61 Å². The zero-order valence-corrected chi connectivity index (χ0v) is 5.37. The lowest BCUT2D eigenvalue weighted by atomic mass is 10.4. The molecule has 0 aliphatic heterocycles. The largest absolute Gasteiger partial charge is 0.465 e. The predicted molar refractivity (Wildman–Crippen MR) is 32.4 cm³/mol. The van der Waals surface area contributed by atoms with Gasteiger partial charge in [0.25, 0.3) is 0 Å². The van der Waals surface area contributed by atoms with Crippen LogP contribution in [0.3, 0.4) is 0 Å². The van der Waals surface area contributed by atoms with Crippen molar-refractivity contribution in [3.63, 3.8) is 0 Å². The van der Waals surface area contributed by atoms with Crippen LogP contribution in [0.4, 0.5) is 4.79 Å². The van der Waals surface area contributed by atoms with Crippen LogP contribution in [-0.2, 0) is 0 Å². The summed E-state index contributed by atoms with van der Waals surface area (Å²) in [5, 5.41) is 16.5. The molecule has 4 nitrogen and oxygen atoms in total. The molecule has 1 amide bonds. The molecule has 0 aromatic heterocycles. The van der Waals surface area contributed by atoms with Crippen LogP contribution in [0, 0.1) is 0 Å². The number of aliphatic hydroxyl groups excluding tert-OH is 1. The number of amides is 1. The third-order valence-corrected chi connectivity index (χ3v) is 0.978. The Morgan fingerprint density at radius 1 is 1.67 bits per heavy atom. The van der Waals surface area contributed by atoms with Crippen LogP contribution in [0.15, 0.2) is 0 Å². The molecule has 54 valence electrons. The number of carboxylic acid groups (broad SMARTS) is 1. The summed E-state index contributed by atoms with van der Waals surface area (Å²) >= 11 is 0. The Kier molecular flexibility index (Phi) is 3.79. The van der Waals surface area contributed by atoms with E-state index in [1.807, 2.05) is 0 Å². The van der Waals surface area contributed by atoms with Crippen molar-refractivity contribution in [2.45, 2.75) is 6.42 Å². The van der Waals surface area contributed by atoms with Crippen molar-refractivity contribution in [1.82, 2.24) is 4.90 Å². The quantitative estimate of drug-likeness (QED) is 0.568. The minimum absolute atomic E-state index is 0.0393. The van der Waals surface area contributed by atoms with Gasteiger partial charge in [-0.1, -0.05) is 0 Å². The number of rotatable bonds is 3. The van der Waals surface area contributed by atoms with E-state index in [2.05, 4.69) is 0 Å². The van der Waals surface area contributed by atoms with E-state index < -0.39 is 6.09 Å². The maximum Gasteiger partial charge on any atom is 0.407 e. The van der Waals surface area contributed by atoms with Crippen molar-refractivity contribution < 1.29 is 15.0 Å². The molecular weight excluding hydrogens is 122 g/mol. The second-order valence-corrected chi connectivity index (χ2v) is 1.78. The molecule has 0 aliphatic rings. The van der Waals surface area contributed by atoms with E-state index in [1.54, 1.807) is 0 Å². The monoisotopic (exact) mass is 133 g/mol. The van der Waals surface area contributed by atoms with E-state index in [0.717, 1.165) is 4.90 Å². The molecule has 0 spiro atoms. The lowest BCUT2D eigenvalue weighted by Crippen LogP contribution is -2.26. The molecule has 9 heavy (non-hydrogen) atoms. The van der Waals surface area contributed by atoms with Gasteiger partial charge in [0.2, 0.25) is 0 Å². The SMILES string of the molecule is CN(CCCO)C(=O)O. The summed E-state index contributed by atoms with van der Waals surface area (Å²) in [6.45, 7) is 0.434. The van der Waals surface area contributed by atoms with E-state index in [1.165, 1.54) is 7.05 Å². The molecule has 4 heteroatoms. The van der Waals surface area contributed by atoms with Crippen LogP contribution in [0.2, 0.25) is 0 Å². The summed E-state index contributed by atoms with van der Waals surface area (Å²) < 4.78 is 0. The molecule has 0 radical (unpaired) electrons. The molecule has 0 bridgehead atoms. The number of hydrogen-bond acceptors (Lipinski definition) is 2. The van der Waals surface area contributed by atoms with Crippen LogP contribution in [0.25, 0.3) is 0 Å². The van der Waals surface area contributed by atoms with Gasteiger partial charge >= 0.3 is 6.09 Å². The minimum Gasteiger partial charge on any atom is -0.465 e. The lowest BCUT2D eigenvalue weighted by molar-refractivity contribution is 0.152. The third kappa shape index (κ3) is 3.78. The average Bonchev–Trinajstić information content (AvgIpc) is 1.82. The molecule has 0 aliphatic carbocycles. The molecule has 2 N–H and O–H groups in total. The van der Waals surface area contributed by atoms with Gasteiger partial charge < -0.3 is 15.1 Å². The standard InChI is InChI=1S/C5H11NO3/c1-6(5(8)9)3-2-4-7/h7H,2-4H2,1H3,(H,8,9). The van der Waals surface area contributed by atoms with Crippen molar-refractivity contribution in [3.05, 3.63) is 0 Å². The Morgan fingerprint density at radius 2 is 2.22 bits per heavy atom. The highest BCUT2D eigenvalue weighted by atomic mass is 16.4. The predicted octanol–water partition coefficient (Wildman–Crippen LogP) is -0.0214. The normalized spacial score (nSPS) is 9.11. The molecule has 0 fully saturated rings. The number of nitrogens with zero attached hydrogens (tertiary/aromatic N) is 1. The summed E-state index contributed by atoms with van der Waals surface area (Å²) in [7, 11) is 1.47. The fourth-order valence-corrected chi connectivity index (χ4v) is 0.404. The Labute approximate surface area is 53.7 Å². The van der Waals surface area contributed by atoms with Crippen molar-refractivity contribution in [3.8, 4) is 0 Å². The van der Waals surface area contributed by atoms with Gasteiger partial charge in [0.05, 0.1) is 0 Å². The molecule has 0 saturated heterocycles. The van der Waals surface area contributed by atoms with Gasteiger partial charge in [-0.2, -0.15) is 0 Å². The number of carbonyl (C=O) groups is 1. The van der Waals surface area contributed by atoms with Gasteiger partial charge in [-0.05, 0) is 6.42 Å². The fraction of sp³-hybridized carbons (Fsp3) is 0.800. The first-order valence-corrected chi connectivity index (χ1v) is 2.73. The Balaban J connectivity index is 3.27. The molecular formula is C5H11NO3. The molecule has 0 aromatic rings. The van der Waals surface area contributed by atoms with E-state index >= 15 is 0 Å². The number of hydrogen-bond donors (Lipinski definition) is 2. The Hall–Kier alpha value is -0.770. The molecule has 0 unspecified atom stereocenters. The third-order valence-electron chi connectivity index (χ3n) is 0.978.